The number of nitro groups is 1. The van der Waals surface area contributed by atoms with Gasteiger partial charge in [-0.25, -0.2) is 4.68 Å². The molecule has 0 fully saturated rings. The number of aromatic nitrogens is 2. The molecule has 0 saturated heterocycles. The van der Waals surface area contributed by atoms with Gasteiger partial charge in [-0.05, 0) is 6.92 Å². The van der Waals surface area contributed by atoms with E-state index >= 15 is 0 Å². The van der Waals surface area contributed by atoms with Gasteiger partial charge < -0.3 is 4.74 Å². The van der Waals surface area contributed by atoms with Gasteiger partial charge in [-0.3, -0.25) is 10.1 Å². The highest BCUT2D eigenvalue weighted by molar-refractivity contribution is 6.37. The van der Waals surface area contributed by atoms with Crippen molar-refractivity contribution in [3.05, 3.63) is 43.5 Å². The first-order valence-corrected chi connectivity index (χ1v) is 7.04. The summed E-state index contributed by atoms with van der Waals surface area (Å²) in [5.74, 6) is 0.718. The second-order valence-corrected chi connectivity index (χ2v) is 5.31. The highest BCUT2D eigenvalue weighted by Gasteiger charge is 2.20. The minimum Gasteiger partial charge on any atom is -0.436 e. The molecular formula is C12H10Cl3N3O3. The molecule has 0 amide bonds. The van der Waals surface area contributed by atoms with Crippen LogP contribution in [-0.4, -0.2) is 14.7 Å². The van der Waals surface area contributed by atoms with Gasteiger partial charge in [-0.2, -0.15) is 5.10 Å². The Labute approximate surface area is 135 Å². The molecule has 0 atom stereocenters. The Morgan fingerprint density at radius 1 is 1.38 bits per heavy atom. The van der Waals surface area contributed by atoms with E-state index in [2.05, 4.69) is 5.10 Å². The number of hydrogen-bond donors (Lipinski definition) is 0. The second-order valence-electron chi connectivity index (χ2n) is 4.22. The first kappa shape index (κ1) is 15.9. The van der Waals surface area contributed by atoms with Gasteiger partial charge in [0.25, 0.3) is 5.69 Å². The van der Waals surface area contributed by atoms with Crippen LogP contribution in [0.15, 0.2) is 12.1 Å². The summed E-state index contributed by atoms with van der Waals surface area (Å²) in [6.07, 6.45) is 0. The SMILES string of the molecule is Cc1nn(C)c(Oc2c(Cl)cc([N+](=O)[O-])cc2Cl)c1CCl. The van der Waals surface area contributed by atoms with Crippen LogP contribution < -0.4 is 4.74 Å². The van der Waals surface area contributed by atoms with Crippen molar-refractivity contribution >= 4 is 40.5 Å². The Bertz CT molecular complexity index is 692. The molecule has 112 valence electrons. The molecule has 0 bridgehead atoms. The molecule has 1 aromatic heterocycles. The molecule has 0 saturated carbocycles. The number of nitro benzene ring substituents is 1. The molecule has 2 aromatic rings. The first-order valence-electron chi connectivity index (χ1n) is 5.74. The van der Waals surface area contributed by atoms with Gasteiger partial charge in [0.1, 0.15) is 0 Å². The second kappa shape index (κ2) is 6.09. The maximum absolute atomic E-state index is 10.7. The Hall–Kier alpha value is -1.50. The number of benzene rings is 1. The van der Waals surface area contributed by atoms with E-state index in [0.717, 1.165) is 5.69 Å². The van der Waals surface area contributed by atoms with Crippen LogP contribution in [0.25, 0.3) is 0 Å². The Balaban J connectivity index is 2.48. The predicted octanol–water partition coefficient (Wildman–Crippen LogP) is 4.47. The number of halogens is 3. The van der Waals surface area contributed by atoms with Crippen LogP contribution in [0, 0.1) is 17.0 Å². The van der Waals surface area contributed by atoms with E-state index in [9.17, 15) is 10.1 Å². The summed E-state index contributed by atoms with van der Waals surface area (Å²) in [5.41, 5.74) is 1.21. The maximum Gasteiger partial charge on any atom is 0.272 e. The number of ether oxygens (including phenoxy) is 1. The topological polar surface area (TPSA) is 70.2 Å². The van der Waals surface area contributed by atoms with Gasteiger partial charge in [0.15, 0.2) is 5.75 Å². The number of nitrogens with zero attached hydrogens (tertiary/aromatic N) is 3. The number of aryl methyl sites for hydroxylation is 2. The van der Waals surface area contributed by atoms with Crippen molar-refractivity contribution in [1.82, 2.24) is 9.78 Å². The molecule has 1 aromatic carbocycles. The fraction of sp³-hybridized carbons (Fsp3) is 0.250. The van der Waals surface area contributed by atoms with Gasteiger partial charge in [-0.15, -0.1) is 11.6 Å². The Kier molecular flexibility index (Phi) is 4.61. The first-order chi connectivity index (χ1) is 9.85. The van der Waals surface area contributed by atoms with E-state index in [1.165, 1.54) is 16.8 Å². The molecule has 6 nitrogen and oxygen atoms in total. The van der Waals surface area contributed by atoms with Crippen molar-refractivity contribution in [1.29, 1.82) is 0 Å². The van der Waals surface area contributed by atoms with Crippen molar-refractivity contribution in [3.63, 3.8) is 0 Å². The lowest BCUT2D eigenvalue weighted by molar-refractivity contribution is -0.384. The summed E-state index contributed by atoms with van der Waals surface area (Å²) in [4.78, 5) is 10.2. The van der Waals surface area contributed by atoms with Crippen LogP contribution in [0.5, 0.6) is 11.6 Å². The van der Waals surface area contributed by atoms with Crippen molar-refractivity contribution in [2.75, 3.05) is 0 Å². The summed E-state index contributed by atoms with van der Waals surface area (Å²) >= 11 is 17.9. The molecule has 0 N–H and O–H groups in total. The zero-order valence-corrected chi connectivity index (χ0v) is 13.3. The third-order valence-electron chi connectivity index (χ3n) is 2.82. The molecular weight excluding hydrogens is 341 g/mol. The highest BCUT2D eigenvalue weighted by atomic mass is 35.5. The molecule has 0 spiro atoms. The van der Waals surface area contributed by atoms with Gasteiger partial charge in [0.2, 0.25) is 5.88 Å². The highest BCUT2D eigenvalue weighted by Crippen LogP contribution is 2.40. The van der Waals surface area contributed by atoms with Gasteiger partial charge >= 0.3 is 0 Å². The van der Waals surface area contributed by atoms with Crippen LogP contribution in [0.1, 0.15) is 11.3 Å². The average Bonchev–Trinajstić information content (AvgIpc) is 2.67. The third-order valence-corrected chi connectivity index (χ3v) is 3.64. The number of alkyl halides is 1. The Morgan fingerprint density at radius 2 is 1.95 bits per heavy atom. The fourth-order valence-electron chi connectivity index (χ4n) is 1.81. The van der Waals surface area contributed by atoms with E-state index < -0.39 is 4.92 Å². The van der Waals surface area contributed by atoms with Crippen LogP contribution in [0.3, 0.4) is 0 Å². The van der Waals surface area contributed by atoms with E-state index in [-0.39, 0.29) is 27.4 Å². The zero-order chi connectivity index (χ0) is 15.7. The molecule has 9 heteroatoms. The monoisotopic (exact) mass is 349 g/mol. The lowest BCUT2D eigenvalue weighted by Crippen LogP contribution is -1.98. The van der Waals surface area contributed by atoms with E-state index in [0.29, 0.717) is 11.4 Å². The summed E-state index contributed by atoms with van der Waals surface area (Å²) in [5, 5.41) is 15.0. The summed E-state index contributed by atoms with van der Waals surface area (Å²) in [6.45, 7) is 1.80. The van der Waals surface area contributed by atoms with Gasteiger partial charge in [-0.1, -0.05) is 23.2 Å². The van der Waals surface area contributed by atoms with Gasteiger partial charge in [0.05, 0.1) is 32.1 Å². The minimum atomic E-state index is -0.583. The third kappa shape index (κ3) is 3.07. The quantitative estimate of drug-likeness (QED) is 0.463. The van der Waals surface area contributed by atoms with Crippen LogP contribution in [0.2, 0.25) is 10.0 Å². The molecule has 1 heterocycles. The summed E-state index contributed by atoms with van der Waals surface area (Å²) in [7, 11) is 1.69. The van der Waals surface area contributed by atoms with Crippen LogP contribution in [-0.2, 0) is 12.9 Å². The maximum atomic E-state index is 10.7. The lowest BCUT2D eigenvalue weighted by Gasteiger charge is -2.10. The Morgan fingerprint density at radius 3 is 2.43 bits per heavy atom. The van der Waals surface area contributed by atoms with Crippen molar-refractivity contribution in [2.24, 2.45) is 7.05 Å². The zero-order valence-electron chi connectivity index (χ0n) is 11.1. The molecule has 0 aliphatic carbocycles. The van der Waals surface area contributed by atoms with E-state index in [1.54, 1.807) is 14.0 Å². The molecule has 0 aliphatic rings. The van der Waals surface area contributed by atoms with Crippen LogP contribution in [0.4, 0.5) is 5.69 Å². The van der Waals surface area contributed by atoms with Crippen molar-refractivity contribution in [2.45, 2.75) is 12.8 Å². The minimum absolute atomic E-state index is 0.0357. The van der Waals surface area contributed by atoms with E-state index in [4.69, 9.17) is 39.5 Å². The standard InChI is InChI=1S/C12H10Cl3N3O3/c1-6-8(5-13)12(17(2)16-6)21-11-9(14)3-7(18(19)20)4-10(11)15/h3-4H,5H2,1-2H3. The number of hydrogen-bond acceptors (Lipinski definition) is 4. The largest absolute Gasteiger partial charge is 0.436 e. The lowest BCUT2D eigenvalue weighted by atomic mass is 10.3. The molecule has 0 unspecified atom stereocenters. The summed E-state index contributed by atoms with van der Waals surface area (Å²) in [6, 6.07) is 2.35. The normalized spacial score (nSPS) is 10.7. The number of rotatable bonds is 4. The van der Waals surface area contributed by atoms with Gasteiger partial charge in [0, 0.05) is 19.2 Å². The molecule has 21 heavy (non-hydrogen) atoms. The van der Waals surface area contributed by atoms with Crippen LogP contribution >= 0.6 is 34.8 Å². The molecule has 0 radical (unpaired) electrons. The summed E-state index contributed by atoms with van der Waals surface area (Å²) < 4.78 is 7.18. The molecule has 0 aliphatic heterocycles. The van der Waals surface area contributed by atoms with Crippen molar-refractivity contribution in [3.8, 4) is 11.6 Å². The predicted molar refractivity (Wildman–Crippen MR) is 80.7 cm³/mol. The average molecular weight is 351 g/mol. The fourth-order valence-corrected chi connectivity index (χ4v) is 2.67. The van der Waals surface area contributed by atoms with E-state index in [1.807, 2.05) is 0 Å². The smallest absolute Gasteiger partial charge is 0.272 e. The molecule has 2 rings (SSSR count). The number of non-ortho nitro benzene ring substituents is 1. The van der Waals surface area contributed by atoms with Crippen molar-refractivity contribution < 1.29 is 9.66 Å².